The van der Waals surface area contributed by atoms with Gasteiger partial charge in [-0.25, -0.2) is 9.67 Å². The zero-order valence-electron chi connectivity index (χ0n) is 24.4. The van der Waals surface area contributed by atoms with Crippen molar-refractivity contribution in [2.45, 2.75) is 45.4 Å². The van der Waals surface area contributed by atoms with Crippen LogP contribution in [0, 0.1) is 0 Å². The first-order valence-electron chi connectivity index (χ1n) is 14.2. The maximum Gasteiger partial charge on any atom is 0.229 e. The molecule has 0 spiro atoms. The molecular weight excluding hydrogens is 532 g/mol. The Bertz CT molecular complexity index is 1660. The molecule has 214 valence electrons. The fourth-order valence-corrected chi connectivity index (χ4v) is 5.99. The smallest absolute Gasteiger partial charge is 0.229 e. The molecule has 1 aliphatic rings. The minimum absolute atomic E-state index is 0.149. The molecule has 0 amide bonds. The fraction of sp³-hybridized carbons (Fsp3) is 0.400. The SMILES string of the molecule is CC(C)(C)[Si](C)(C)OCCn1cnc2c(-n3ncc4ccccc43)nc(N3CCN(c4ccc(O)cc4)CC3)nc21. The van der Waals surface area contributed by atoms with E-state index in [1.54, 1.807) is 12.1 Å². The molecule has 0 bridgehead atoms. The van der Waals surface area contributed by atoms with Gasteiger partial charge in [0.05, 0.1) is 24.6 Å². The molecule has 11 heteroatoms. The number of fused-ring (bicyclic) bond motifs is 2. The summed E-state index contributed by atoms with van der Waals surface area (Å²) in [6.07, 6.45) is 3.71. The molecule has 0 unspecified atom stereocenters. The number of nitrogens with zero attached hydrogens (tertiary/aromatic N) is 8. The predicted molar refractivity (Wildman–Crippen MR) is 166 cm³/mol. The van der Waals surface area contributed by atoms with Crippen molar-refractivity contribution < 1.29 is 9.53 Å². The molecule has 0 atom stereocenters. The van der Waals surface area contributed by atoms with E-state index in [2.05, 4.69) is 60.4 Å². The van der Waals surface area contributed by atoms with Crippen molar-refractivity contribution in [1.82, 2.24) is 29.3 Å². The highest BCUT2D eigenvalue weighted by Gasteiger charge is 2.37. The molecule has 0 saturated carbocycles. The van der Waals surface area contributed by atoms with Crippen LogP contribution in [0.15, 0.2) is 61.1 Å². The highest BCUT2D eigenvalue weighted by molar-refractivity contribution is 6.74. The molecule has 3 aromatic heterocycles. The van der Waals surface area contributed by atoms with E-state index in [4.69, 9.17) is 24.5 Å². The first-order valence-corrected chi connectivity index (χ1v) is 17.1. The Morgan fingerprint density at radius 3 is 2.37 bits per heavy atom. The second-order valence-electron chi connectivity index (χ2n) is 12.2. The minimum atomic E-state index is -1.87. The zero-order chi connectivity index (χ0) is 28.8. The summed E-state index contributed by atoms with van der Waals surface area (Å²) >= 11 is 0. The fourth-order valence-electron chi connectivity index (χ4n) is 4.96. The van der Waals surface area contributed by atoms with Gasteiger partial charge in [-0.1, -0.05) is 39.0 Å². The van der Waals surface area contributed by atoms with Crippen LogP contribution in [-0.2, 0) is 11.0 Å². The van der Waals surface area contributed by atoms with Gasteiger partial charge in [0.15, 0.2) is 25.3 Å². The average Bonchev–Trinajstić information content (AvgIpc) is 3.57. The Morgan fingerprint density at radius 2 is 1.63 bits per heavy atom. The summed E-state index contributed by atoms with van der Waals surface area (Å²) < 4.78 is 10.4. The van der Waals surface area contributed by atoms with Gasteiger partial charge in [0.1, 0.15) is 5.75 Å². The number of hydrogen-bond donors (Lipinski definition) is 1. The van der Waals surface area contributed by atoms with Crippen LogP contribution in [-0.4, -0.2) is 75.5 Å². The molecule has 5 aromatic rings. The van der Waals surface area contributed by atoms with Crippen LogP contribution in [0.1, 0.15) is 20.8 Å². The van der Waals surface area contributed by atoms with Crippen LogP contribution in [0.2, 0.25) is 18.1 Å². The summed E-state index contributed by atoms with van der Waals surface area (Å²) in [7, 11) is -1.87. The molecule has 1 saturated heterocycles. The normalized spacial score (nSPS) is 14.9. The van der Waals surface area contributed by atoms with E-state index in [1.807, 2.05) is 41.5 Å². The van der Waals surface area contributed by atoms with E-state index in [9.17, 15) is 5.11 Å². The number of phenols is 1. The molecule has 10 nitrogen and oxygen atoms in total. The molecule has 4 heterocycles. The zero-order valence-corrected chi connectivity index (χ0v) is 25.4. The van der Waals surface area contributed by atoms with Crippen LogP contribution < -0.4 is 9.80 Å². The van der Waals surface area contributed by atoms with Crippen LogP contribution in [0.5, 0.6) is 5.75 Å². The first-order chi connectivity index (χ1) is 19.6. The molecule has 1 aliphatic heterocycles. The van der Waals surface area contributed by atoms with Crippen LogP contribution in [0.3, 0.4) is 0 Å². The number of anilines is 2. The van der Waals surface area contributed by atoms with Crippen molar-refractivity contribution in [3.63, 3.8) is 0 Å². The summed E-state index contributed by atoms with van der Waals surface area (Å²) in [6.45, 7) is 15.8. The lowest BCUT2D eigenvalue weighted by molar-refractivity contribution is 0.273. The second kappa shape index (κ2) is 10.5. The van der Waals surface area contributed by atoms with Crippen molar-refractivity contribution in [3.8, 4) is 11.6 Å². The number of piperazine rings is 1. The number of aromatic nitrogens is 6. The van der Waals surface area contributed by atoms with Crippen molar-refractivity contribution in [2.24, 2.45) is 0 Å². The number of rotatable bonds is 7. The van der Waals surface area contributed by atoms with Crippen LogP contribution in [0.4, 0.5) is 11.6 Å². The predicted octanol–water partition coefficient (Wildman–Crippen LogP) is 5.22. The Kier molecular flexibility index (Phi) is 6.94. The van der Waals surface area contributed by atoms with E-state index < -0.39 is 8.32 Å². The van der Waals surface area contributed by atoms with Gasteiger partial charge in [0, 0.05) is 43.8 Å². The van der Waals surface area contributed by atoms with Crippen molar-refractivity contribution in [3.05, 3.63) is 61.1 Å². The molecule has 6 rings (SSSR count). The van der Waals surface area contributed by atoms with Crippen molar-refractivity contribution in [2.75, 3.05) is 42.6 Å². The second-order valence-corrected chi connectivity index (χ2v) is 17.0. The number of para-hydroxylation sites is 1. The van der Waals surface area contributed by atoms with Gasteiger partial charge < -0.3 is 23.9 Å². The number of hydrogen-bond acceptors (Lipinski definition) is 8. The molecule has 0 radical (unpaired) electrons. The van der Waals surface area contributed by atoms with Crippen molar-refractivity contribution >= 4 is 42.0 Å². The number of phenolic OH excluding ortho intramolecular Hbond substituents is 1. The van der Waals surface area contributed by atoms with Crippen molar-refractivity contribution in [1.29, 1.82) is 0 Å². The summed E-state index contributed by atoms with van der Waals surface area (Å²) in [5, 5.41) is 15.6. The minimum Gasteiger partial charge on any atom is -0.508 e. The summed E-state index contributed by atoms with van der Waals surface area (Å²) in [5.41, 5.74) is 3.58. The molecule has 1 fully saturated rings. The van der Waals surface area contributed by atoms with E-state index in [0.717, 1.165) is 53.9 Å². The largest absolute Gasteiger partial charge is 0.508 e. The lowest BCUT2D eigenvalue weighted by Crippen LogP contribution is -2.47. The molecule has 1 N–H and O–H groups in total. The van der Waals surface area contributed by atoms with E-state index in [1.165, 1.54) is 0 Å². The summed E-state index contributed by atoms with van der Waals surface area (Å²) in [6, 6.07) is 15.5. The maximum absolute atomic E-state index is 9.67. The van der Waals surface area contributed by atoms with Gasteiger partial charge in [-0.3, -0.25) is 0 Å². The summed E-state index contributed by atoms with van der Waals surface area (Å²) in [5.74, 6) is 1.62. The lowest BCUT2D eigenvalue weighted by Gasteiger charge is -2.36. The highest BCUT2D eigenvalue weighted by Crippen LogP contribution is 2.36. The van der Waals surface area contributed by atoms with E-state index in [-0.39, 0.29) is 10.8 Å². The van der Waals surface area contributed by atoms with Crippen LogP contribution in [0.25, 0.3) is 27.9 Å². The topological polar surface area (TPSA) is 97.4 Å². The third kappa shape index (κ3) is 5.27. The average molecular weight is 571 g/mol. The Morgan fingerprint density at radius 1 is 0.927 bits per heavy atom. The molecule has 2 aromatic carbocycles. The van der Waals surface area contributed by atoms with Crippen LogP contribution >= 0.6 is 0 Å². The van der Waals surface area contributed by atoms with Gasteiger partial charge in [-0.2, -0.15) is 15.1 Å². The number of imidazole rings is 1. The third-order valence-electron chi connectivity index (χ3n) is 8.49. The first kappa shape index (κ1) is 27.2. The molecule has 41 heavy (non-hydrogen) atoms. The Labute approximate surface area is 241 Å². The van der Waals surface area contributed by atoms with Gasteiger partial charge in [0.25, 0.3) is 0 Å². The van der Waals surface area contributed by atoms with E-state index in [0.29, 0.717) is 24.9 Å². The molecular formula is C30H38N8O2Si. The van der Waals surface area contributed by atoms with E-state index >= 15 is 0 Å². The third-order valence-corrected chi connectivity index (χ3v) is 13.0. The van der Waals surface area contributed by atoms with Gasteiger partial charge in [-0.05, 0) is 48.5 Å². The maximum atomic E-state index is 9.67. The van der Waals surface area contributed by atoms with Gasteiger partial charge in [-0.15, -0.1) is 0 Å². The quantitative estimate of drug-likeness (QED) is 0.266. The summed E-state index contributed by atoms with van der Waals surface area (Å²) in [4.78, 5) is 19.4. The Balaban J connectivity index is 1.33. The van der Waals surface area contributed by atoms with Gasteiger partial charge in [0.2, 0.25) is 5.95 Å². The Hall–Kier alpha value is -3.96. The monoisotopic (exact) mass is 570 g/mol. The standard InChI is InChI=1S/C30H38N8O2Si/c1-30(2,3)41(4,5)40-19-18-37-21-31-26-27(37)33-29(34-28(26)38-25-9-7-6-8-22(25)20-32-38)36-16-14-35(15-17-36)23-10-12-24(39)13-11-23/h6-13,20-21,39H,14-19H2,1-5H3. The highest BCUT2D eigenvalue weighted by atomic mass is 28.4. The van der Waals surface area contributed by atoms with Gasteiger partial charge >= 0.3 is 0 Å². The lowest BCUT2D eigenvalue weighted by atomic mass is 10.2. The number of benzene rings is 2. The molecule has 0 aliphatic carbocycles. The number of aromatic hydroxyl groups is 1.